The van der Waals surface area contributed by atoms with Gasteiger partial charge < -0.3 is 20.4 Å². The molecule has 3 aromatic rings. The fourth-order valence-corrected chi connectivity index (χ4v) is 5.68. The van der Waals surface area contributed by atoms with E-state index in [4.69, 9.17) is 23.2 Å². The maximum atomic E-state index is 12.9. The molecule has 188 valence electrons. The van der Waals surface area contributed by atoms with Crippen LogP contribution in [0.2, 0.25) is 10.0 Å². The Morgan fingerprint density at radius 2 is 1.81 bits per heavy atom. The third-order valence-electron chi connectivity index (χ3n) is 6.23. The lowest BCUT2D eigenvalue weighted by molar-refractivity contribution is -0.138. The van der Waals surface area contributed by atoms with Gasteiger partial charge in [0.2, 0.25) is 11.8 Å². The van der Waals surface area contributed by atoms with Gasteiger partial charge in [-0.3, -0.25) is 14.4 Å². The highest BCUT2D eigenvalue weighted by molar-refractivity contribution is 7.18. The molecule has 0 aliphatic carbocycles. The molecule has 36 heavy (non-hydrogen) atoms. The summed E-state index contributed by atoms with van der Waals surface area (Å²) < 4.78 is 0.904. The molecule has 1 aromatic heterocycles. The molecular weight excluding hydrogens is 523 g/mol. The number of aromatic hydroxyl groups is 1. The van der Waals surface area contributed by atoms with Crippen LogP contribution in [0.15, 0.2) is 47.9 Å². The Morgan fingerprint density at radius 3 is 2.47 bits per heavy atom. The predicted octanol–water partition coefficient (Wildman–Crippen LogP) is 5.50. The number of nitrogens with zero attached hydrogens (tertiary/aromatic N) is 1. The molecule has 0 bridgehead atoms. The number of thiophene rings is 1. The molecule has 1 saturated heterocycles. The van der Waals surface area contributed by atoms with Crippen LogP contribution in [0, 0.1) is 5.92 Å². The first-order valence-electron chi connectivity index (χ1n) is 11.4. The van der Waals surface area contributed by atoms with Crippen LogP contribution in [0.25, 0.3) is 16.2 Å². The van der Waals surface area contributed by atoms with Crippen LogP contribution >= 0.6 is 34.5 Å². The normalized spacial score (nSPS) is 15.3. The Bertz CT molecular complexity index is 1310. The zero-order valence-corrected chi connectivity index (χ0v) is 21.4. The number of carboxylic acid groups (broad SMARTS) is 1. The lowest BCUT2D eigenvalue weighted by Gasteiger charge is -2.31. The summed E-state index contributed by atoms with van der Waals surface area (Å²) in [5.41, 5.74) is 1.26. The zero-order chi connectivity index (χ0) is 25.8. The average molecular weight is 547 g/mol. The molecular formula is C26H24Cl2N2O5S. The molecule has 7 nitrogen and oxygen atoms in total. The predicted molar refractivity (Wildman–Crippen MR) is 141 cm³/mol. The highest BCUT2D eigenvalue weighted by Crippen LogP contribution is 2.37. The summed E-state index contributed by atoms with van der Waals surface area (Å²) in [5.74, 6) is -1.75. The van der Waals surface area contributed by atoms with E-state index in [1.54, 1.807) is 23.1 Å². The van der Waals surface area contributed by atoms with Gasteiger partial charge in [0.25, 0.3) is 0 Å². The topological polar surface area (TPSA) is 107 Å². The van der Waals surface area contributed by atoms with E-state index < -0.39 is 12.0 Å². The van der Waals surface area contributed by atoms with E-state index in [-0.39, 0.29) is 29.9 Å². The van der Waals surface area contributed by atoms with E-state index in [1.807, 2.05) is 17.5 Å². The second-order valence-electron chi connectivity index (χ2n) is 8.62. The number of carboxylic acids is 1. The highest BCUT2D eigenvalue weighted by Gasteiger charge is 2.29. The third kappa shape index (κ3) is 6.00. The number of aliphatic carboxylic acids is 1. The van der Waals surface area contributed by atoms with Crippen LogP contribution < -0.4 is 5.32 Å². The number of rotatable bonds is 7. The monoisotopic (exact) mass is 546 g/mol. The summed E-state index contributed by atoms with van der Waals surface area (Å²) >= 11 is 14.2. The fourth-order valence-electron chi connectivity index (χ4n) is 4.24. The van der Waals surface area contributed by atoms with Crippen LogP contribution in [0.3, 0.4) is 0 Å². The van der Waals surface area contributed by atoms with Gasteiger partial charge >= 0.3 is 5.97 Å². The van der Waals surface area contributed by atoms with Gasteiger partial charge in [0.1, 0.15) is 5.75 Å². The lowest BCUT2D eigenvalue weighted by atomic mass is 9.94. The van der Waals surface area contributed by atoms with Gasteiger partial charge in [-0.25, -0.2) is 0 Å². The standard InChI is InChI=1S/C26H24Cl2N2O5S/c27-23-17(13-18-9-12-36-25(18)24(23)28)3-6-21(32)30-10-7-16(8-11-30)26(35)29-20(14-22(33)34)15-1-4-19(31)5-2-15/h1-6,9,12-13,16,20,31H,7-8,10-11,14H2,(H,29,35)(H,33,34)/b6-3+. The molecule has 1 unspecified atom stereocenters. The van der Waals surface area contributed by atoms with Gasteiger partial charge in [-0.05, 0) is 65.1 Å². The minimum absolute atomic E-state index is 0.0580. The first-order chi connectivity index (χ1) is 17.2. The largest absolute Gasteiger partial charge is 0.508 e. The zero-order valence-electron chi connectivity index (χ0n) is 19.1. The summed E-state index contributed by atoms with van der Waals surface area (Å²) in [4.78, 5) is 38.6. The van der Waals surface area contributed by atoms with Crippen LogP contribution in [0.1, 0.15) is 36.4 Å². The smallest absolute Gasteiger partial charge is 0.305 e. The highest BCUT2D eigenvalue weighted by atomic mass is 35.5. The quantitative estimate of drug-likeness (QED) is 0.339. The molecule has 4 rings (SSSR count). The van der Waals surface area contributed by atoms with Gasteiger partial charge in [-0.1, -0.05) is 35.3 Å². The van der Waals surface area contributed by atoms with E-state index in [0.717, 1.165) is 10.1 Å². The van der Waals surface area contributed by atoms with Crippen LogP contribution in [-0.4, -0.2) is 46.0 Å². The van der Waals surface area contributed by atoms with Crippen molar-refractivity contribution in [2.45, 2.75) is 25.3 Å². The second-order valence-corrected chi connectivity index (χ2v) is 10.3. The van der Waals surface area contributed by atoms with E-state index in [1.165, 1.54) is 29.5 Å². The lowest BCUT2D eigenvalue weighted by Crippen LogP contribution is -2.43. The second kappa shape index (κ2) is 11.3. The number of hydrogen-bond donors (Lipinski definition) is 3. The van der Waals surface area contributed by atoms with E-state index in [2.05, 4.69) is 5.32 Å². The molecule has 3 N–H and O–H groups in total. The molecule has 2 aromatic carbocycles. The minimum Gasteiger partial charge on any atom is -0.508 e. The number of phenols is 1. The van der Waals surface area contributed by atoms with Gasteiger partial charge in [-0.15, -0.1) is 11.3 Å². The number of hydrogen-bond acceptors (Lipinski definition) is 5. The van der Waals surface area contributed by atoms with Gasteiger partial charge in [-0.2, -0.15) is 0 Å². The van der Waals surface area contributed by atoms with Crippen molar-refractivity contribution in [3.63, 3.8) is 0 Å². The van der Waals surface area contributed by atoms with Gasteiger partial charge in [0.15, 0.2) is 0 Å². The van der Waals surface area contributed by atoms with Crippen molar-refractivity contribution >= 4 is 68.5 Å². The Morgan fingerprint density at radius 1 is 1.11 bits per heavy atom. The number of likely N-dealkylation sites (tertiary alicyclic amines) is 1. The summed E-state index contributed by atoms with van der Waals surface area (Å²) in [6.07, 6.45) is 3.77. The first kappa shape index (κ1) is 26.0. The summed E-state index contributed by atoms with van der Waals surface area (Å²) in [6, 6.07) is 9.21. The number of amides is 2. The molecule has 1 atom stereocenters. The number of benzene rings is 2. The number of nitrogens with one attached hydrogen (secondary N) is 1. The molecule has 0 saturated carbocycles. The van der Waals surface area contributed by atoms with Crippen molar-refractivity contribution in [3.8, 4) is 5.75 Å². The molecule has 1 aliphatic rings. The third-order valence-corrected chi connectivity index (χ3v) is 8.17. The van der Waals surface area contributed by atoms with Crippen molar-refractivity contribution in [2.75, 3.05) is 13.1 Å². The van der Waals surface area contributed by atoms with Crippen LogP contribution in [-0.2, 0) is 14.4 Å². The van der Waals surface area contributed by atoms with Crippen LogP contribution in [0.5, 0.6) is 5.75 Å². The van der Waals surface area contributed by atoms with Crippen LogP contribution in [0.4, 0.5) is 0 Å². The van der Waals surface area contributed by atoms with Gasteiger partial charge in [0, 0.05) is 25.1 Å². The first-order valence-corrected chi connectivity index (χ1v) is 13.0. The fraction of sp³-hybridized carbons (Fsp3) is 0.269. The van der Waals surface area contributed by atoms with E-state index in [9.17, 15) is 24.6 Å². The van der Waals surface area contributed by atoms with Crippen molar-refractivity contribution in [2.24, 2.45) is 5.92 Å². The molecule has 1 fully saturated rings. The van der Waals surface area contributed by atoms with E-state index >= 15 is 0 Å². The minimum atomic E-state index is -1.04. The van der Waals surface area contributed by atoms with Gasteiger partial charge in [0.05, 0.1) is 27.2 Å². The number of halogens is 2. The number of piperidine rings is 1. The van der Waals surface area contributed by atoms with Crippen molar-refractivity contribution in [1.29, 1.82) is 0 Å². The summed E-state index contributed by atoms with van der Waals surface area (Å²) in [5, 5.41) is 25.3. The molecule has 1 aliphatic heterocycles. The Balaban J connectivity index is 1.35. The number of carbonyl (C=O) groups excluding carboxylic acids is 2. The molecule has 0 radical (unpaired) electrons. The maximum Gasteiger partial charge on any atom is 0.305 e. The molecule has 2 amide bonds. The van der Waals surface area contributed by atoms with Crippen molar-refractivity contribution in [3.05, 3.63) is 69.0 Å². The molecule has 10 heteroatoms. The number of phenolic OH excluding ortho intramolecular Hbond substituents is 1. The Hall–Kier alpha value is -3.07. The Kier molecular flexibility index (Phi) is 8.18. The van der Waals surface area contributed by atoms with E-state index in [0.29, 0.717) is 47.1 Å². The summed E-state index contributed by atoms with van der Waals surface area (Å²) in [7, 11) is 0. The maximum absolute atomic E-state index is 12.9. The number of fused-ring (bicyclic) bond motifs is 1. The Labute approximate surface area is 221 Å². The van der Waals surface area contributed by atoms with Crippen molar-refractivity contribution in [1.82, 2.24) is 10.2 Å². The van der Waals surface area contributed by atoms with Crippen molar-refractivity contribution < 1.29 is 24.6 Å². The molecule has 2 heterocycles. The SMILES string of the molecule is O=C(O)CC(NC(=O)C1CCN(C(=O)/C=C/c2cc3ccsc3c(Cl)c2Cl)CC1)c1ccc(O)cc1. The average Bonchev–Trinajstić information content (AvgIpc) is 3.34. The number of carbonyl (C=O) groups is 3. The summed E-state index contributed by atoms with van der Waals surface area (Å²) in [6.45, 7) is 0.810. The molecule has 0 spiro atoms.